The Morgan fingerprint density at radius 1 is 1.10 bits per heavy atom. The lowest BCUT2D eigenvalue weighted by molar-refractivity contribution is -0.107. The smallest absolute Gasteiger partial charge is 0.129 e. The van der Waals surface area contributed by atoms with Crippen LogP contribution in [-0.4, -0.2) is 13.4 Å². The Kier molecular flexibility index (Phi) is 4.64. The fraction of sp³-hybridized carbons (Fsp3) is 0.188. The van der Waals surface area contributed by atoms with Crippen LogP contribution < -0.4 is 9.47 Å². The lowest BCUT2D eigenvalue weighted by Crippen LogP contribution is -1.94. The minimum atomic E-state index is 0.313. The summed E-state index contributed by atoms with van der Waals surface area (Å²) in [7, 11) is 1.62. The van der Waals surface area contributed by atoms with Gasteiger partial charge in [-0.3, -0.25) is 0 Å². The number of hydrogen-bond donors (Lipinski definition) is 0. The van der Waals surface area contributed by atoms with Crippen molar-refractivity contribution in [2.45, 2.75) is 13.3 Å². The summed E-state index contributed by atoms with van der Waals surface area (Å²) in [5.74, 6) is 2.12. The van der Waals surface area contributed by atoms with Gasteiger partial charge in [-0.15, -0.1) is 0 Å². The van der Waals surface area contributed by atoms with Crippen molar-refractivity contribution in [1.29, 1.82) is 0 Å². The van der Waals surface area contributed by atoms with Crippen molar-refractivity contribution in [2.24, 2.45) is 0 Å². The van der Waals surface area contributed by atoms with E-state index < -0.39 is 0 Å². The zero-order valence-corrected chi connectivity index (χ0v) is 12.1. The molecule has 4 heteroatoms. The van der Waals surface area contributed by atoms with E-state index in [0.717, 1.165) is 23.2 Å². The molecule has 0 spiro atoms. The van der Waals surface area contributed by atoms with Crippen LogP contribution in [0.4, 0.5) is 0 Å². The van der Waals surface area contributed by atoms with Crippen LogP contribution in [0.3, 0.4) is 0 Å². The molecule has 0 unspecified atom stereocenters. The van der Waals surface area contributed by atoms with E-state index in [2.05, 4.69) is 0 Å². The standard InChI is InChI=1S/C16H15ClO3/c1-11-9-14(10-16(17)15(11)7-8-18)20-13-5-3-12(19-2)4-6-13/h3-6,8-10H,7H2,1-2H3. The van der Waals surface area contributed by atoms with E-state index in [1.807, 2.05) is 37.3 Å². The molecule has 0 bridgehead atoms. The molecule has 0 fully saturated rings. The summed E-state index contributed by atoms with van der Waals surface area (Å²) in [6.07, 6.45) is 1.16. The molecule has 0 heterocycles. The van der Waals surface area contributed by atoms with E-state index in [1.54, 1.807) is 13.2 Å². The van der Waals surface area contributed by atoms with Crippen molar-refractivity contribution in [3.05, 3.63) is 52.5 Å². The predicted molar refractivity (Wildman–Crippen MR) is 79.0 cm³/mol. The second-order valence-corrected chi connectivity index (χ2v) is 4.76. The molecule has 0 aliphatic rings. The summed E-state index contributed by atoms with van der Waals surface area (Å²) >= 11 is 6.17. The maximum Gasteiger partial charge on any atom is 0.129 e. The normalized spacial score (nSPS) is 10.2. The molecule has 0 saturated carbocycles. The minimum absolute atomic E-state index is 0.313. The largest absolute Gasteiger partial charge is 0.497 e. The van der Waals surface area contributed by atoms with Crippen LogP contribution in [0.25, 0.3) is 0 Å². The molecular formula is C16H15ClO3. The average Bonchev–Trinajstić information content (AvgIpc) is 2.44. The number of carbonyl (C=O) groups is 1. The molecule has 0 radical (unpaired) electrons. The van der Waals surface area contributed by atoms with Gasteiger partial charge in [-0.1, -0.05) is 11.6 Å². The molecular weight excluding hydrogens is 276 g/mol. The first-order chi connectivity index (χ1) is 9.63. The topological polar surface area (TPSA) is 35.5 Å². The molecule has 0 N–H and O–H groups in total. The van der Waals surface area contributed by atoms with Gasteiger partial charge in [0.1, 0.15) is 23.5 Å². The Balaban J connectivity index is 2.22. The first-order valence-corrected chi connectivity index (χ1v) is 6.56. The van der Waals surface area contributed by atoms with Crippen molar-refractivity contribution in [3.63, 3.8) is 0 Å². The maximum atomic E-state index is 10.6. The number of methoxy groups -OCH3 is 1. The van der Waals surface area contributed by atoms with Crippen molar-refractivity contribution in [1.82, 2.24) is 0 Å². The molecule has 104 valence electrons. The van der Waals surface area contributed by atoms with Gasteiger partial charge in [0.25, 0.3) is 0 Å². The van der Waals surface area contributed by atoms with Crippen LogP contribution in [0.2, 0.25) is 5.02 Å². The fourth-order valence-corrected chi connectivity index (χ4v) is 2.26. The van der Waals surface area contributed by atoms with Crippen LogP contribution in [0.15, 0.2) is 36.4 Å². The van der Waals surface area contributed by atoms with Gasteiger partial charge in [-0.2, -0.15) is 0 Å². The van der Waals surface area contributed by atoms with Crippen molar-refractivity contribution >= 4 is 17.9 Å². The average molecular weight is 291 g/mol. The first kappa shape index (κ1) is 14.4. The van der Waals surface area contributed by atoms with Crippen LogP contribution in [-0.2, 0) is 11.2 Å². The predicted octanol–water partition coefficient (Wildman–Crippen LogP) is 4.19. The van der Waals surface area contributed by atoms with Gasteiger partial charge in [0.05, 0.1) is 7.11 Å². The SMILES string of the molecule is COc1ccc(Oc2cc(C)c(CC=O)c(Cl)c2)cc1. The molecule has 2 aromatic rings. The number of halogens is 1. The number of rotatable bonds is 5. The zero-order valence-electron chi connectivity index (χ0n) is 11.4. The molecule has 2 rings (SSSR count). The van der Waals surface area contributed by atoms with Crippen LogP contribution >= 0.6 is 11.6 Å². The molecule has 20 heavy (non-hydrogen) atoms. The van der Waals surface area contributed by atoms with E-state index in [1.165, 1.54) is 0 Å². The van der Waals surface area contributed by atoms with Crippen molar-refractivity contribution < 1.29 is 14.3 Å². The van der Waals surface area contributed by atoms with Gasteiger partial charge in [0.15, 0.2) is 0 Å². The number of aryl methyl sites for hydroxylation is 1. The Morgan fingerprint density at radius 3 is 2.30 bits per heavy atom. The number of carbonyl (C=O) groups excluding carboxylic acids is 1. The highest BCUT2D eigenvalue weighted by Gasteiger charge is 2.08. The summed E-state index contributed by atoms with van der Waals surface area (Å²) in [5, 5.41) is 0.542. The number of benzene rings is 2. The van der Waals surface area contributed by atoms with E-state index in [4.69, 9.17) is 21.1 Å². The van der Waals surface area contributed by atoms with E-state index in [9.17, 15) is 4.79 Å². The Bertz CT molecular complexity index is 583. The molecule has 0 saturated heterocycles. The third kappa shape index (κ3) is 3.31. The Hall–Kier alpha value is -2.00. The number of aldehydes is 1. The molecule has 0 aliphatic heterocycles. The zero-order chi connectivity index (χ0) is 14.5. The third-order valence-electron chi connectivity index (χ3n) is 2.97. The molecule has 0 amide bonds. The second kappa shape index (κ2) is 6.44. The molecule has 0 aromatic heterocycles. The van der Waals surface area contributed by atoms with E-state index in [0.29, 0.717) is 22.9 Å². The van der Waals surface area contributed by atoms with Crippen molar-refractivity contribution in [3.8, 4) is 17.2 Å². The highest BCUT2D eigenvalue weighted by molar-refractivity contribution is 6.31. The summed E-state index contributed by atoms with van der Waals surface area (Å²) in [6.45, 7) is 1.91. The summed E-state index contributed by atoms with van der Waals surface area (Å²) in [6, 6.07) is 10.9. The summed E-state index contributed by atoms with van der Waals surface area (Å²) < 4.78 is 10.8. The highest BCUT2D eigenvalue weighted by Crippen LogP contribution is 2.30. The van der Waals surface area contributed by atoms with Crippen LogP contribution in [0, 0.1) is 6.92 Å². The third-order valence-corrected chi connectivity index (χ3v) is 3.31. The maximum absolute atomic E-state index is 10.6. The van der Waals surface area contributed by atoms with Gasteiger partial charge in [0, 0.05) is 11.4 Å². The Morgan fingerprint density at radius 2 is 1.75 bits per heavy atom. The summed E-state index contributed by atoms with van der Waals surface area (Å²) in [4.78, 5) is 10.6. The highest BCUT2D eigenvalue weighted by atomic mass is 35.5. The quantitative estimate of drug-likeness (QED) is 0.775. The lowest BCUT2D eigenvalue weighted by atomic mass is 10.1. The van der Waals surface area contributed by atoms with Gasteiger partial charge in [0.2, 0.25) is 0 Å². The lowest BCUT2D eigenvalue weighted by Gasteiger charge is -2.11. The van der Waals surface area contributed by atoms with Gasteiger partial charge in [-0.25, -0.2) is 0 Å². The Labute approximate surface area is 123 Å². The fourth-order valence-electron chi connectivity index (χ4n) is 1.92. The van der Waals surface area contributed by atoms with Crippen LogP contribution in [0.5, 0.6) is 17.2 Å². The van der Waals surface area contributed by atoms with Gasteiger partial charge < -0.3 is 14.3 Å². The van der Waals surface area contributed by atoms with Gasteiger partial charge >= 0.3 is 0 Å². The molecule has 3 nitrogen and oxygen atoms in total. The van der Waals surface area contributed by atoms with E-state index >= 15 is 0 Å². The first-order valence-electron chi connectivity index (χ1n) is 6.18. The van der Waals surface area contributed by atoms with Crippen LogP contribution in [0.1, 0.15) is 11.1 Å². The number of hydrogen-bond acceptors (Lipinski definition) is 3. The molecule has 2 aromatic carbocycles. The monoisotopic (exact) mass is 290 g/mol. The van der Waals surface area contributed by atoms with Crippen molar-refractivity contribution in [2.75, 3.05) is 7.11 Å². The minimum Gasteiger partial charge on any atom is -0.497 e. The second-order valence-electron chi connectivity index (χ2n) is 4.35. The number of ether oxygens (including phenoxy) is 2. The summed E-state index contributed by atoms with van der Waals surface area (Å²) in [5.41, 5.74) is 1.77. The van der Waals surface area contributed by atoms with E-state index in [-0.39, 0.29) is 0 Å². The molecule has 0 aliphatic carbocycles. The molecule has 0 atom stereocenters. The van der Waals surface area contributed by atoms with Gasteiger partial charge in [-0.05, 0) is 54.4 Å².